The maximum atomic E-state index is 13.2. The minimum Gasteiger partial charge on any atom is -0.449 e. The lowest BCUT2D eigenvalue weighted by molar-refractivity contribution is -0.137. The molecule has 2 aliphatic rings. The van der Waals surface area contributed by atoms with Crippen molar-refractivity contribution in [1.29, 1.82) is 0 Å². The molecular formula is C27H38N4O10S. The molecule has 1 aromatic rings. The fourth-order valence-corrected chi connectivity index (χ4v) is 5.29. The van der Waals surface area contributed by atoms with Crippen molar-refractivity contribution in [3.05, 3.63) is 35.9 Å². The Hall–Kier alpha value is -3.56. The van der Waals surface area contributed by atoms with Gasteiger partial charge in [0.15, 0.2) is 0 Å². The normalized spacial score (nSPS) is 19.3. The summed E-state index contributed by atoms with van der Waals surface area (Å²) in [7, 11) is -5.19. The lowest BCUT2D eigenvalue weighted by Gasteiger charge is -2.39. The standard InChI is InChI=1S/C27H38N4O10S/c1-16(2)10-21(25(35)29-20(12-19-8-9-28-24(19)34)23(33)26(36)42(38,39)40)30-27(37)41-15-18-13-31(14-18)22(32)11-17-6-4-3-5-7-17/h3-7,16,18-21,26,36H,8-15H2,1-2H3,(H,28,34)(H,29,35)(H,30,37)(H,38,39,40)/t19-,20+,21+,26?/m1/s1. The molecule has 232 valence electrons. The van der Waals surface area contributed by atoms with E-state index >= 15 is 0 Å². The Bertz CT molecular complexity index is 1250. The van der Waals surface area contributed by atoms with E-state index in [0.717, 1.165) is 5.56 Å². The first-order valence-corrected chi connectivity index (χ1v) is 15.3. The molecule has 0 bridgehead atoms. The van der Waals surface area contributed by atoms with Crippen LogP contribution in [0, 0.1) is 17.8 Å². The van der Waals surface area contributed by atoms with Crippen molar-refractivity contribution >= 4 is 39.7 Å². The number of aliphatic hydroxyl groups excluding tert-OH is 1. The summed E-state index contributed by atoms with van der Waals surface area (Å²) in [6, 6.07) is 6.49. The number of Topliss-reactive ketones (excluding diaryl/α,β-unsaturated/α-hetero) is 1. The van der Waals surface area contributed by atoms with Crippen molar-refractivity contribution in [2.75, 3.05) is 26.2 Å². The first-order chi connectivity index (χ1) is 19.7. The molecule has 0 saturated carbocycles. The number of aliphatic hydroxyl groups is 1. The Kier molecular flexibility index (Phi) is 11.4. The van der Waals surface area contributed by atoms with E-state index in [2.05, 4.69) is 16.0 Å². The fraction of sp³-hybridized carbons (Fsp3) is 0.593. The molecule has 2 fully saturated rings. The van der Waals surface area contributed by atoms with Gasteiger partial charge in [0.05, 0.1) is 19.1 Å². The number of nitrogens with one attached hydrogen (secondary N) is 3. The number of alkyl carbamates (subject to hydrolysis) is 1. The number of amides is 4. The van der Waals surface area contributed by atoms with Crippen molar-refractivity contribution in [1.82, 2.24) is 20.9 Å². The number of ether oxygens (including phenoxy) is 1. The van der Waals surface area contributed by atoms with Crippen LogP contribution < -0.4 is 16.0 Å². The lowest BCUT2D eigenvalue weighted by Crippen LogP contribution is -2.55. The summed E-state index contributed by atoms with van der Waals surface area (Å²) in [5.41, 5.74) is -1.92. The molecule has 5 N–H and O–H groups in total. The molecule has 42 heavy (non-hydrogen) atoms. The largest absolute Gasteiger partial charge is 0.449 e. The SMILES string of the molecule is CC(C)C[C@H](NC(=O)OCC1CN(C(=O)Cc2ccccc2)C1)C(=O)N[C@@H](C[C@H]1CCNC1=O)C(=O)C(O)S(=O)(=O)O. The number of rotatable bonds is 14. The van der Waals surface area contributed by atoms with Crippen molar-refractivity contribution in [3.8, 4) is 0 Å². The quantitative estimate of drug-likeness (QED) is 0.172. The third-order valence-corrected chi connectivity index (χ3v) is 7.94. The Balaban J connectivity index is 1.55. The average Bonchev–Trinajstić information content (AvgIpc) is 3.29. The summed E-state index contributed by atoms with van der Waals surface area (Å²) in [5.74, 6) is -3.62. The van der Waals surface area contributed by atoms with Crippen LogP contribution in [0.1, 0.15) is 38.7 Å². The minimum absolute atomic E-state index is 0.00935. The monoisotopic (exact) mass is 610 g/mol. The van der Waals surface area contributed by atoms with Gasteiger partial charge in [0, 0.05) is 31.5 Å². The molecule has 14 nitrogen and oxygen atoms in total. The third kappa shape index (κ3) is 9.49. The smallest absolute Gasteiger partial charge is 0.407 e. The van der Waals surface area contributed by atoms with Crippen LogP contribution in [0.5, 0.6) is 0 Å². The molecule has 2 aliphatic heterocycles. The van der Waals surface area contributed by atoms with E-state index in [1.165, 1.54) is 0 Å². The summed E-state index contributed by atoms with van der Waals surface area (Å²) in [5, 5.41) is 17.2. The van der Waals surface area contributed by atoms with Crippen LogP contribution in [-0.4, -0.2) is 96.3 Å². The number of hydrogen-bond donors (Lipinski definition) is 5. The molecule has 15 heteroatoms. The Morgan fingerprint density at radius 1 is 1.10 bits per heavy atom. The van der Waals surface area contributed by atoms with E-state index in [1.807, 2.05) is 30.3 Å². The van der Waals surface area contributed by atoms with Gasteiger partial charge >= 0.3 is 6.09 Å². The summed E-state index contributed by atoms with van der Waals surface area (Å²) < 4.78 is 37.2. The third-order valence-electron chi connectivity index (χ3n) is 7.14. The van der Waals surface area contributed by atoms with Crippen LogP contribution in [0.4, 0.5) is 4.79 Å². The highest BCUT2D eigenvalue weighted by atomic mass is 32.2. The van der Waals surface area contributed by atoms with Gasteiger partial charge in [0.1, 0.15) is 6.04 Å². The van der Waals surface area contributed by atoms with Gasteiger partial charge in [0.2, 0.25) is 28.9 Å². The maximum Gasteiger partial charge on any atom is 0.407 e. The number of likely N-dealkylation sites (tertiary alicyclic amines) is 1. The van der Waals surface area contributed by atoms with Gasteiger partial charge in [-0.05, 0) is 30.7 Å². The topological polar surface area (TPSA) is 209 Å². The zero-order chi connectivity index (χ0) is 31.0. The molecule has 2 heterocycles. The fourth-order valence-electron chi connectivity index (χ4n) is 4.83. The minimum atomic E-state index is -5.19. The van der Waals surface area contributed by atoms with E-state index in [1.54, 1.807) is 18.7 Å². The average molecular weight is 611 g/mol. The van der Waals surface area contributed by atoms with Gasteiger partial charge in [-0.2, -0.15) is 8.42 Å². The van der Waals surface area contributed by atoms with E-state index in [4.69, 9.17) is 9.29 Å². The highest BCUT2D eigenvalue weighted by molar-refractivity contribution is 7.87. The number of ketones is 1. The van der Waals surface area contributed by atoms with Crippen molar-refractivity contribution in [2.45, 2.75) is 57.1 Å². The van der Waals surface area contributed by atoms with Crippen molar-refractivity contribution in [3.63, 3.8) is 0 Å². The number of carbonyl (C=O) groups is 5. The van der Waals surface area contributed by atoms with Gasteiger partial charge in [-0.3, -0.25) is 23.7 Å². The first-order valence-electron chi connectivity index (χ1n) is 13.8. The van der Waals surface area contributed by atoms with Gasteiger partial charge < -0.3 is 30.7 Å². The van der Waals surface area contributed by atoms with Gasteiger partial charge in [0.25, 0.3) is 10.1 Å². The second-order valence-electron chi connectivity index (χ2n) is 11.1. The van der Waals surface area contributed by atoms with Crippen molar-refractivity contribution in [2.24, 2.45) is 17.8 Å². The van der Waals surface area contributed by atoms with Gasteiger partial charge in [-0.1, -0.05) is 44.2 Å². The zero-order valence-electron chi connectivity index (χ0n) is 23.5. The van der Waals surface area contributed by atoms with Gasteiger partial charge in [-0.25, -0.2) is 4.79 Å². The van der Waals surface area contributed by atoms with Crippen LogP contribution in [0.2, 0.25) is 0 Å². The van der Waals surface area contributed by atoms with E-state index in [0.29, 0.717) is 26.1 Å². The molecule has 0 spiro atoms. The lowest BCUT2D eigenvalue weighted by atomic mass is 9.95. The number of carbonyl (C=O) groups excluding carboxylic acids is 5. The molecular weight excluding hydrogens is 572 g/mol. The number of nitrogens with zero attached hydrogens (tertiary/aromatic N) is 1. The van der Waals surface area contributed by atoms with E-state index < -0.39 is 57.2 Å². The zero-order valence-corrected chi connectivity index (χ0v) is 24.3. The molecule has 0 radical (unpaired) electrons. The molecule has 0 aliphatic carbocycles. The molecule has 1 aromatic carbocycles. The van der Waals surface area contributed by atoms with Crippen LogP contribution >= 0.6 is 0 Å². The molecule has 4 atom stereocenters. The summed E-state index contributed by atoms with van der Waals surface area (Å²) in [4.78, 5) is 64.5. The second kappa shape index (κ2) is 14.6. The maximum absolute atomic E-state index is 13.2. The highest BCUT2D eigenvalue weighted by Gasteiger charge is 2.39. The summed E-state index contributed by atoms with van der Waals surface area (Å²) >= 11 is 0. The summed E-state index contributed by atoms with van der Waals surface area (Å²) in [6.07, 6.45) is -0.504. The summed E-state index contributed by atoms with van der Waals surface area (Å²) in [6.45, 7) is 4.75. The van der Waals surface area contributed by atoms with E-state index in [-0.39, 0.29) is 43.6 Å². The second-order valence-corrected chi connectivity index (χ2v) is 12.6. The molecule has 1 unspecified atom stereocenters. The molecule has 4 amide bonds. The van der Waals surface area contributed by atoms with Crippen LogP contribution in [0.3, 0.4) is 0 Å². The Morgan fingerprint density at radius 3 is 2.33 bits per heavy atom. The first kappa shape index (κ1) is 32.9. The number of benzene rings is 1. The highest BCUT2D eigenvalue weighted by Crippen LogP contribution is 2.20. The van der Waals surface area contributed by atoms with E-state index in [9.17, 15) is 37.5 Å². The van der Waals surface area contributed by atoms with Gasteiger partial charge in [-0.15, -0.1) is 0 Å². The van der Waals surface area contributed by atoms with Crippen LogP contribution in [0.15, 0.2) is 30.3 Å². The number of hydrogen-bond acceptors (Lipinski definition) is 9. The molecule has 2 saturated heterocycles. The molecule has 3 rings (SSSR count). The Labute approximate surface area is 244 Å². The van der Waals surface area contributed by atoms with Crippen LogP contribution in [0.25, 0.3) is 0 Å². The predicted molar refractivity (Wildman–Crippen MR) is 148 cm³/mol. The van der Waals surface area contributed by atoms with Crippen molar-refractivity contribution < 1.29 is 46.8 Å². The van der Waals surface area contributed by atoms with Crippen LogP contribution in [-0.2, 0) is 40.5 Å². The molecule has 0 aromatic heterocycles. The predicted octanol–water partition coefficient (Wildman–Crippen LogP) is -0.385. The Morgan fingerprint density at radius 2 is 1.76 bits per heavy atom.